The number of carbonyl (C=O) groups is 4. The molecule has 2 aromatic rings. The van der Waals surface area contributed by atoms with Gasteiger partial charge in [-0.2, -0.15) is 0 Å². The summed E-state index contributed by atoms with van der Waals surface area (Å²) in [6, 6.07) is 8.64. The molecule has 0 bridgehead atoms. The number of unbranched alkanes of at least 4 members (excludes halogenated alkanes) is 1. The van der Waals surface area contributed by atoms with Crippen molar-refractivity contribution in [1.29, 1.82) is 0 Å². The molecule has 3 rings (SSSR count). The molecule has 2 heterocycles. The van der Waals surface area contributed by atoms with Crippen LogP contribution in [0.1, 0.15) is 57.7 Å². The molecule has 5 N–H and O–H groups in total. The monoisotopic (exact) mass is 628 g/mol. The number of hydrogen-bond acceptors (Lipinski definition) is 11. The number of aliphatic hydroxyl groups is 2. The van der Waals surface area contributed by atoms with Gasteiger partial charge in [-0.05, 0) is 50.9 Å². The number of aldehydes is 2. The second-order valence-electron chi connectivity index (χ2n) is 9.44. The summed E-state index contributed by atoms with van der Waals surface area (Å²) in [4.78, 5) is 43.8. The SMILES string of the molecule is C=O.CC(C)C.CN1CCC(O)C1.CNCc1ccc(-c2scnc2C)cc1.CO.NC=O.O=CCCCOCCC=O. The van der Waals surface area contributed by atoms with Crippen LogP contribution in [-0.4, -0.2) is 99.5 Å². The summed E-state index contributed by atoms with van der Waals surface area (Å²) in [5.41, 5.74) is 9.74. The van der Waals surface area contributed by atoms with E-state index in [0.29, 0.717) is 26.1 Å². The van der Waals surface area contributed by atoms with Crippen LogP contribution in [-0.2, 0) is 30.5 Å². The Labute approximate surface area is 262 Å². The lowest BCUT2D eigenvalue weighted by atomic mass is 10.1. The Balaban J connectivity index is -0.000000237. The maximum absolute atomic E-state index is 9.78. The lowest BCUT2D eigenvalue weighted by molar-refractivity contribution is -0.109. The Bertz CT molecular complexity index is 845. The van der Waals surface area contributed by atoms with Crippen LogP contribution in [0.3, 0.4) is 0 Å². The Morgan fingerprint density at radius 2 is 1.65 bits per heavy atom. The molecule has 0 radical (unpaired) electrons. The second-order valence-corrected chi connectivity index (χ2v) is 10.3. The van der Waals surface area contributed by atoms with E-state index in [1.165, 1.54) is 16.0 Å². The first-order valence-electron chi connectivity index (χ1n) is 14.0. The van der Waals surface area contributed by atoms with E-state index in [-0.39, 0.29) is 12.5 Å². The van der Waals surface area contributed by atoms with Gasteiger partial charge in [-0.1, -0.05) is 45.0 Å². The van der Waals surface area contributed by atoms with Gasteiger partial charge in [0.05, 0.1) is 28.8 Å². The third-order valence-electron chi connectivity index (χ3n) is 4.70. The first-order valence-corrected chi connectivity index (χ1v) is 14.9. The van der Waals surface area contributed by atoms with Gasteiger partial charge in [0.15, 0.2) is 0 Å². The van der Waals surface area contributed by atoms with E-state index in [4.69, 9.17) is 24.5 Å². The lowest BCUT2D eigenvalue weighted by Crippen LogP contribution is -2.15. The molecule has 1 amide bonds. The second kappa shape index (κ2) is 37.2. The Hall–Kier alpha value is -2.87. The van der Waals surface area contributed by atoms with Gasteiger partial charge in [-0.25, -0.2) is 4.98 Å². The topological polar surface area (TPSA) is 172 Å². The number of amides is 1. The first kappa shape index (κ1) is 47.1. The molecule has 1 aliphatic heterocycles. The molecule has 0 spiro atoms. The van der Waals surface area contributed by atoms with Crippen LogP contribution >= 0.6 is 11.3 Å². The van der Waals surface area contributed by atoms with Crippen LogP contribution in [0.4, 0.5) is 0 Å². The van der Waals surface area contributed by atoms with Gasteiger partial charge in [0.2, 0.25) is 6.41 Å². The molecule has 1 aliphatic rings. The number of rotatable bonds is 10. The number of carbonyl (C=O) groups excluding carboxylic acids is 4. The smallest absolute Gasteiger partial charge is 0.204 e. The molecule has 248 valence electrons. The van der Waals surface area contributed by atoms with Crippen molar-refractivity contribution in [2.75, 3.05) is 47.5 Å². The van der Waals surface area contributed by atoms with Gasteiger partial charge >= 0.3 is 0 Å². The molecular formula is C31H56N4O7S. The molecule has 11 nitrogen and oxygen atoms in total. The van der Waals surface area contributed by atoms with Crippen molar-refractivity contribution in [3.8, 4) is 10.4 Å². The van der Waals surface area contributed by atoms with E-state index in [2.05, 4.69) is 66.0 Å². The molecule has 1 aromatic carbocycles. The summed E-state index contributed by atoms with van der Waals surface area (Å²) in [5.74, 6) is 0.833. The molecule has 1 saturated heterocycles. The number of likely N-dealkylation sites (N-methyl/N-ethyl adjacent to an activating group) is 1. The number of nitrogens with one attached hydrogen (secondary N) is 1. The number of β-amino-alcohol motifs (C(OH)–C–C–N with tert-alkyl or cyclic N) is 1. The van der Waals surface area contributed by atoms with Crippen molar-refractivity contribution < 1.29 is 34.1 Å². The van der Waals surface area contributed by atoms with E-state index in [1.807, 2.05) is 33.3 Å². The van der Waals surface area contributed by atoms with Crippen molar-refractivity contribution in [2.45, 2.75) is 66.0 Å². The van der Waals surface area contributed by atoms with Gasteiger partial charge in [0.25, 0.3) is 0 Å². The average Bonchev–Trinajstić information content (AvgIpc) is 3.60. The van der Waals surface area contributed by atoms with Crippen molar-refractivity contribution in [1.82, 2.24) is 15.2 Å². The van der Waals surface area contributed by atoms with Gasteiger partial charge in [-0.3, -0.25) is 4.79 Å². The fourth-order valence-corrected chi connectivity index (χ4v) is 3.78. The van der Waals surface area contributed by atoms with Gasteiger partial charge in [-0.15, -0.1) is 11.3 Å². The highest BCUT2D eigenvalue weighted by Crippen LogP contribution is 2.27. The number of aromatic nitrogens is 1. The molecule has 1 unspecified atom stereocenters. The number of likely N-dealkylation sites (tertiary alicyclic amines) is 1. The minimum Gasteiger partial charge on any atom is -0.400 e. The molecule has 1 fully saturated rings. The molecule has 1 aromatic heterocycles. The zero-order valence-corrected chi connectivity index (χ0v) is 28.0. The third kappa shape index (κ3) is 33.5. The Kier molecular flexibility index (Phi) is 40.7. The highest BCUT2D eigenvalue weighted by atomic mass is 32.1. The largest absolute Gasteiger partial charge is 0.400 e. The third-order valence-corrected chi connectivity index (χ3v) is 5.68. The van der Waals surface area contributed by atoms with Crippen molar-refractivity contribution in [2.24, 2.45) is 11.7 Å². The fourth-order valence-electron chi connectivity index (χ4n) is 2.97. The number of thiazole rings is 1. The number of benzene rings is 1. The zero-order valence-electron chi connectivity index (χ0n) is 27.2. The summed E-state index contributed by atoms with van der Waals surface area (Å²) in [6.45, 7) is 14.4. The molecule has 1 atom stereocenters. The standard InChI is InChI=1S/C12H14N2S.C7H12O3.C5H11NO.C4H10.CH3NO.CH4O.CH2O/c1-9-12(15-8-14-9)11-5-3-10(4-6-11)7-13-2;8-4-1-2-6-10-7-3-5-9;1-6-3-2-5(7)4-6;1-4(2)3;2-1-3;2*1-2/h3-6,8,13H,7H2,1-2H3;4-5H,1-3,6-7H2;5,7H,2-4H2,1H3;4H,1-3H3;1H,(H2,2,3);2H,1H3;1H2. The first-order chi connectivity index (χ1) is 20.7. The van der Waals surface area contributed by atoms with E-state index < -0.39 is 0 Å². The molecule has 0 aliphatic carbocycles. The number of hydrogen-bond donors (Lipinski definition) is 4. The minimum absolute atomic E-state index is 0.0509. The van der Waals surface area contributed by atoms with Crippen molar-refractivity contribution >= 4 is 37.1 Å². The van der Waals surface area contributed by atoms with E-state index in [0.717, 1.165) is 63.8 Å². The zero-order chi connectivity index (χ0) is 33.9. The average molecular weight is 629 g/mol. The number of aryl methyl sites for hydroxylation is 1. The van der Waals surface area contributed by atoms with Crippen LogP contribution in [0, 0.1) is 12.8 Å². The van der Waals surface area contributed by atoms with Crippen molar-refractivity contribution in [3.05, 3.63) is 41.0 Å². The predicted molar refractivity (Wildman–Crippen MR) is 176 cm³/mol. The van der Waals surface area contributed by atoms with Crippen LogP contribution in [0.15, 0.2) is 29.8 Å². The number of aliphatic hydroxyl groups excluding tert-OH is 2. The van der Waals surface area contributed by atoms with E-state index in [9.17, 15) is 9.59 Å². The van der Waals surface area contributed by atoms with Crippen LogP contribution in [0.25, 0.3) is 10.4 Å². The number of nitrogens with two attached hydrogens (primary N) is 1. The summed E-state index contributed by atoms with van der Waals surface area (Å²) in [6.07, 6.45) is 4.58. The number of nitrogens with zero attached hydrogens (tertiary/aromatic N) is 2. The van der Waals surface area contributed by atoms with Crippen LogP contribution in [0.2, 0.25) is 0 Å². The quantitative estimate of drug-likeness (QED) is 0.226. The summed E-state index contributed by atoms with van der Waals surface area (Å²) >= 11 is 1.70. The molecular weight excluding hydrogens is 572 g/mol. The summed E-state index contributed by atoms with van der Waals surface area (Å²) < 4.78 is 4.99. The predicted octanol–water partition coefficient (Wildman–Crippen LogP) is 3.28. The van der Waals surface area contributed by atoms with Gasteiger partial charge < -0.3 is 45.3 Å². The molecule has 43 heavy (non-hydrogen) atoms. The van der Waals surface area contributed by atoms with E-state index in [1.54, 1.807) is 11.3 Å². The Morgan fingerprint density at radius 3 is 2.00 bits per heavy atom. The van der Waals surface area contributed by atoms with Crippen molar-refractivity contribution in [3.63, 3.8) is 0 Å². The fraction of sp³-hybridized carbons (Fsp3) is 0.581. The Morgan fingerprint density at radius 1 is 1.12 bits per heavy atom. The van der Waals surface area contributed by atoms with Gasteiger partial charge in [0, 0.05) is 46.2 Å². The highest BCUT2D eigenvalue weighted by molar-refractivity contribution is 7.13. The van der Waals surface area contributed by atoms with Gasteiger partial charge in [0.1, 0.15) is 19.4 Å². The number of primary amides is 1. The molecule has 0 saturated carbocycles. The van der Waals surface area contributed by atoms with Crippen LogP contribution in [0.5, 0.6) is 0 Å². The maximum Gasteiger partial charge on any atom is 0.204 e. The highest BCUT2D eigenvalue weighted by Gasteiger charge is 2.15. The summed E-state index contributed by atoms with van der Waals surface area (Å²) in [5, 5.41) is 19.0. The van der Waals surface area contributed by atoms with E-state index >= 15 is 0 Å². The summed E-state index contributed by atoms with van der Waals surface area (Å²) in [7, 11) is 4.98. The normalized spacial score (nSPS) is 12.7. The van der Waals surface area contributed by atoms with Crippen LogP contribution < -0.4 is 11.1 Å². The molecule has 12 heteroatoms. The number of ether oxygens (including phenoxy) is 1. The lowest BCUT2D eigenvalue weighted by Gasteiger charge is -2.02. The minimum atomic E-state index is -0.0509. The maximum atomic E-state index is 9.78.